The van der Waals surface area contributed by atoms with Crippen LogP contribution in [0.2, 0.25) is 0 Å². The predicted octanol–water partition coefficient (Wildman–Crippen LogP) is 1.52. The molecule has 0 heterocycles. The van der Waals surface area contributed by atoms with Gasteiger partial charge >= 0.3 is 11.4 Å². The molecule has 8 nitrogen and oxygen atoms in total. The second-order valence-electron chi connectivity index (χ2n) is 2.71. The van der Waals surface area contributed by atoms with Gasteiger partial charge in [-0.2, -0.15) is 0 Å². The minimum Gasteiger partial charge on any atom is -0.496 e. The van der Waals surface area contributed by atoms with Gasteiger partial charge in [0, 0.05) is 0 Å². The number of rotatable bonds is 4. The van der Waals surface area contributed by atoms with E-state index in [-0.39, 0.29) is 5.75 Å². The second-order valence-corrected chi connectivity index (χ2v) is 2.71. The smallest absolute Gasteiger partial charge is 0.321 e. The van der Waals surface area contributed by atoms with Crippen LogP contribution in [0.5, 0.6) is 11.5 Å². The summed E-state index contributed by atoms with van der Waals surface area (Å²) in [5.74, 6) is -0.366. The van der Waals surface area contributed by atoms with Crippen LogP contribution in [0.4, 0.5) is 11.4 Å². The molecule has 0 aliphatic heterocycles. The number of nitro groups is 2. The molecule has 16 heavy (non-hydrogen) atoms. The van der Waals surface area contributed by atoms with Crippen molar-refractivity contribution in [3.8, 4) is 11.5 Å². The molecule has 0 radical (unpaired) electrons. The van der Waals surface area contributed by atoms with Gasteiger partial charge in [-0.05, 0) is 0 Å². The number of benzene rings is 1. The average Bonchev–Trinajstić information content (AvgIpc) is 2.26. The first-order chi connectivity index (χ1) is 7.51. The predicted molar refractivity (Wildman–Crippen MR) is 52.9 cm³/mol. The van der Waals surface area contributed by atoms with Gasteiger partial charge in [-0.15, -0.1) is 0 Å². The van der Waals surface area contributed by atoms with E-state index in [1.807, 2.05) is 0 Å². The Kier molecular flexibility index (Phi) is 3.24. The van der Waals surface area contributed by atoms with E-state index < -0.39 is 27.0 Å². The van der Waals surface area contributed by atoms with E-state index in [4.69, 9.17) is 4.74 Å². The highest BCUT2D eigenvalue weighted by atomic mass is 16.6. The second kappa shape index (κ2) is 4.43. The van der Waals surface area contributed by atoms with Crippen molar-refractivity contribution < 1.29 is 19.3 Å². The Morgan fingerprint density at radius 3 is 1.69 bits per heavy atom. The van der Waals surface area contributed by atoms with Crippen molar-refractivity contribution >= 4 is 11.4 Å². The van der Waals surface area contributed by atoms with Gasteiger partial charge in [-0.1, -0.05) is 0 Å². The van der Waals surface area contributed by atoms with Gasteiger partial charge in [0.15, 0.2) is 0 Å². The van der Waals surface area contributed by atoms with Crippen molar-refractivity contribution in [2.45, 2.75) is 0 Å². The molecule has 1 aromatic rings. The summed E-state index contributed by atoms with van der Waals surface area (Å²) in [5, 5.41) is 21.3. The van der Waals surface area contributed by atoms with Gasteiger partial charge in [0.05, 0.1) is 36.2 Å². The normalized spacial score (nSPS) is 9.62. The first-order valence-corrected chi connectivity index (χ1v) is 4.06. The maximum absolute atomic E-state index is 10.7. The third-order valence-electron chi connectivity index (χ3n) is 1.86. The van der Waals surface area contributed by atoms with Crippen LogP contribution in [-0.2, 0) is 0 Å². The van der Waals surface area contributed by atoms with Crippen LogP contribution >= 0.6 is 0 Å². The molecule has 0 amide bonds. The molecule has 0 saturated heterocycles. The monoisotopic (exact) mass is 228 g/mol. The maximum atomic E-state index is 10.7. The lowest BCUT2D eigenvalue weighted by Gasteiger charge is -2.05. The number of nitro benzene ring substituents is 2. The lowest BCUT2D eigenvalue weighted by atomic mass is 10.2. The summed E-state index contributed by atoms with van der Waals surface area (Å²) in [5.41, 5.74) is -1.01. The van der Waals surface area contributed by atoms with E-state index in [0.717, 1.165) is 19.2 Å². The van der Waals surface area contributed by atoms with Gasteiger partial charge in [0.25, 0.3) is 5.75 Å². The van der Waals surface area contributed by atoms with E-state index >= 15 is 0 Å². The molecule has 0 spiro atoms. The van der Waals surface area contributed by atoms with E-state index in [9.17, 15) is 20.2 Å². The number of hydrogen-bond acceptors (Lipinski definition) is 6. The molecule has 0 bridgehead atoms. The molecule has 0 aliphatic rings. The third kappa shape index (κ3) is 2.00. The van der Waals surface area contributed by atoms with Gasteiger partial charge in [0.2, 0.25) is 0 Å². The summed E-state index contributed by atoms with van der Waals surface area (Å²) in [7, 11) is 2.39. The molecule has 0 aromatic heterocycles. The highest BCUT2D eigenvalue weighted by molar-refractivity contribution is 5.63. The minimum atomic E-state index is -0.769. The van der Waals surface area contributed by atoms with Crippen LogP contribution in [0.1, 0.15) is 0 Å². The van der Waals surface area contributed by atoms with Crippen molar-refractivity contribution in [3.63, 3.8) is 0 Å². The molecule has 0 unspecified atom stereocenters. The van der Waals surface area contributed by atoms with Crippen LogP contribution < -0.4 is 9.47 Å². The SMILES string of the molecule is COc1cc([N+](=O)[O-])c(OC)c([N+](=O)[O-])c1. The van der Waals surface area contributed by atoms with Gasteiger partial charge in [-0.25, -0.2) is 0 Å². The van der Waals surface area contributed by atoms with Crippen molar-refractivity contribution in [3.05, 3.63) is 32.4 Å². The first kappa shape index (κ1) is 11.7. The van der Waals surface area contributed by atoms with Crippen molar-refractivity contribution in [1.82, 2.24) is 0 Å². The Balaban J connectivity index is 3.52. The van der Waals surface area contributed by atoms with Crippen LogP contribution in [0.15, 0.2) is 12.1 Å². The van der Waals surface area contributed by atoms with Crippen LogP contribution in [0, 0.1) is 20.2 Å². The fourth-order valence-corrected chi connectivity index (χ4v) is 1.17. The van der Waals surface area contributed by atoms with Crippen LogP contribution in [-0.4, -0.2) is 24.1 Å². The fraction of sp³-hybridized carbons (Fsp3) is 0.250. The minimum absolute atomic E-state index is 0.0270. The largest absolute Gasteiger partial charge is 0.496 e. The molecule has 0 atom stereocenters. The zero-order chi connectivity index (χ0) is 12.3. The number of nitrogens with zero attached hydrogens (tertiary/aromatic N) is 2. The lowest BCUT2D eigenvalue weighted by molar-refractivity contribution is -0.396. The van der Waals surface area contributed by atoms with Gasteiger partial charge in [-0.3, -0.25) is 20.2 Å². The summed E-state index contributed by atoms with van der Waals surface area (Å²) < 4.78 is 9.39. The van der Waals surface area contributed by atoms with Crippen molar-refractivity contribution in [2.24, 2.45) is 0 Å². The lowest BCUT2D eigenvalue weighted by Crippen LogP contribution is -2.00. The van der Waals surface area contributed by atoms with E-state index in [2.05, 4.69) is 4.74 Å². The summed E-state index contributed by atoms with van der Waals surface area (Å²) in [6.45, 7) is 0. The Labute approximate surface area is 89.7 Å². The molecule has 8 heteroatoms. The summed E-state index contributed by atoms with van der Waals surface area (Å²) in [6.07, 6.45) is 0. The Bertz CT molecular complexity index is 409. The third-order valence-corrected chi connectivity index (χ3v) is 1.86. The summed E-state index contributed by atoms with van der Waals surface area (Å²) in [4.78, 5) is 19.8. The topological polar surface area (TPSA) is 105 Å². The van der Waals surface area contributed by atoms with E-state index in [1.165, 1.54) is 7.11 Å². The van der Waals surface area contributed by atoms with Gasteiger partial charge in [0.1, 0.15) is 5.75 Å². The Morgan fingerprint density at radius 2 is 1.44 bits per heavy atom. The van der Waals surface area contributed by atoms with Crippen molar-refractivity contribution in [2.75, 3.05) is 14.2 Å². The van der Waals surface area contributed by atoms with Crippen molar-refractivity contribution in [1.29, 1.82) is 0 Å². The molecular weight excluding hydrogens is 220 g/mol. The Hall–Kier alpha value is -2.38. The molecule has 0 fully saturated rings. The number of ether oxygens (including phenoxy) is 2. The highest BCUT2D eigenvalue weighted by Gasteiger charge is 2.28. The standard InChI is InChI=1S/C8H8N2O6/c1-15-5-3-6(9(11)12)8(16-2)7(4-5)10(13)14/h3-4H,1-2H3. The van der Waals surface area contributed by atoms with E-state index in [0.29, 0.717) is 0 Å². The average molecular weight is 228 g/mol. The molecular formula is C8H8N2O6. The molecule has 1 aromatic carbocycles. The molecule has 0 aliphatic carbocycles. The molecule has 1 rings (SSSR count). The molecule has 0 saturated carbocycles. The summed E-state index contributed by atoms with van der Waals surface area (Å²) >= 11 is 0. The quantitative estimate of drug-likeness (QED) is 0.571. The van der Waals surface area contributed by atoms with Crippen LogP contribution in [0.3, 0.4) is 0 Å². The van der Waals surface area contributed by atoms with Gasteiger partial charge < -0.3 is 9.47 Å². The zero-order valence-corrected chi connectivity index (χ0v) is 8.50. The summed E-state index contributed by atoms with van der Waals surface area (Å²) in [6, 6.07) is 2.12. The van der Waals surface area contributed by atoms with Crippen LogP contribution in [0.25, 0.3) is 0 Å². The molecule has 0 N–H and O–H groups in total. The van der Waals surface area contributed by atoms with E-state index in [1.54, 1.807) is 0 Å². The maximum Gasteiger partial charge on any atom is 0.321 e. The fourth-order valence-electron chi connectivity index (χ4n) is 1.17. The Morgan fingerprint density at radius 1 is 1.00 bits per heavy atom. The highest BCUT2D eigenvalue weighted by Crippen LogP contribution is 2.39. The zero-order valence-electron chi connectivity index (χ0n) is 8.50. The number of hydrogen-bond donors (Lipinski definition) is 0. The molecule has 86 valence electrons. The number of methoxy groups -OCH3 is 2. The first-order valence-electron chi connectivity index (χ1n) is 4.06.